The second kappa shape index (κ2) is 6.72. The molecule has 0 aliphatic rings. The first kappa shape index (κ1) is 16.5. The SMILES string of the molecule is Cc1ccc(Cn2c(=O)n(Cc3cccs3)c(=O)c3ncccc32)cc1. The van der Waals surface area contributed by atoms with Gasteiger partial charge in [-0.25, -0.2) is 9.78 Å². The fourth-order valence-corrected chi connectivity index (χ4v) is 3.66. The average Bonchev–Trinajstić information content (AvgIpc) is 3.17. The normalized spacial score (nSPS) is 11.1. The van der Waals surface area contributed by atoms with Gasteiger partial charge in [0.05, 0.1) is 18.6 Å². The second-order valence-electron chi connectivity index (χ2n) is 6.20. The standard InChI is InChI=1S/C20H17N3O2S/c1-14-6-8-15(9-7-14)12-22-17-5-2-10-21-18(17)19(24)23(20(22)25)13-16-4-3-11-26-16/h2-11H,12-13H2,1H3. The lowest BCUT2D eigenvalue weighted by Crippen LogP contribution is -2.40. The highest BCUT2D eigenvalue weighted by molar-refractivity contribution is 7.09. The van der Waals surface area contributed by atoms with Crippen molar-refractivity contribution in [2.45, 2.75) is 20.0 Å². The first-order valence-electron chi connectivity index (χ1n) is 8.30. The minimum Gasteiger partial charge on any atom is -0.287 e. The van der Waals surface area contributed by atoms with E-state index in [1.807, 2.05) is 48.7 Å². The van der Waals surface area contributed by atoms with E-state index < -0.39 is 0 Å². The van der Waals surface area contributed by atoms with E-state index >= 15 is 0 Å². The Balaban J connectivity index is 1.91. The lowest BCUT2D eigenvalue weighted by atomic mass is 10.1. The summed E-state index contributed by atoms with van der Waals surface area (Å²) in [6.45, 7) is 2.68. The molecule has 0 aliphatic heterocycles. The van der Waals surface area contributed by atoms with Crippen LogP contribution in [-0.4, -0.2) is 14.1 Å². The van der Waals surface area contributed by atoms with E-state index in [-0.39, 0.29) is 17.8 Å². The van der Waals surface area contributed by atoms with Crippen LogP contribution in [0, 0.1) is 6.92 Å². The quantitative estimate of drug-likeness (QED) is 0.560. The molecule has 3 aromatic heterocycles. The summed E-state index contributed by atoms with van der Waals surface area (Å²) in [5.74, 6) is 0. The van der Waals surface area contributed by atoms with Gasteiger partial charge in [0.2, 0.25) is 0 Å². The molecule has 4 aromatic rings. The van der Waals surface area contributed by atoms with E-state index in [2.05, 4.69) is 4.98 Å². The Bertz CT molecular complexity index is 1170. The van der Waals surface area contributed by atoms with Crippen LogP contribution in [0.1, 0.15) is 16.0 Å². The Hall–Kier alpha value is -2.99. The van der Waals surface area contributed by atoms with Gasteiger partial charge < -0.3 is 0 Å². The number of thiophene rings is 1. The number of pyridine rings is 1. The summed E-state index contributed by atoms with van der Waals surface area (Å²) in [7, 11) is 0. The van der Waals surface area contributed by atoms with Gasteiger partial charge in [-0.2, -0.15) is 0 Å². The third-order valence-electron chi connectivity index (χ3n) is 4.34. The molecule has 0 spiro atoms. The lowest BCUT2D eigenvalue weighted by Gasteiger charge is -2.13. The van der Waals surface area contributed by atoms with E-state index in [4.69, 9.17) is 0 Å². The Morgan fingerprint density at radius 1 is 0.962 bits per heavy atom. The van der Waals surface area contributed by atoms with Crippen LogP contribution in [-0.2, 0) is 13.1 Å². The average molecular weight is 363 g/mol. The molecule has 0 saturated carbocycles. The second-order valence-corrected chi connectivity index (χ2v) is 7.23. The minimum atomic E-state index is -0.348. The molecule has 1 aromatic carbocycles. The summed E-state index contributed by atoms with van der Waals surface area (Å²) in [5, 5.41) is 1.94. The molecule has 0 saturated heterocycles. The molecule has 5 nitrogen and oxygen atoms in total. The maximum atomic E-state index is 13.1. The number of hydrogen-bond donors (Lipinski definition) is 0. The fraction of sp³-hybridized carbons (Fsp3) is 0.150. The van der Waals surface area contributed by atoms with E-state index in [0.717, 1.165) is 16.0 Å². The van der Waals surface area contributed by atoms with Crippen LogP contribution < -0.4 is 11.2 Å². The number of nitrogens with zero attached hydrogens (tertiary/aromatic N) is 3. The van der Waals surface area contributed by atoms with E-state index in [0.29, 0.717) is 17.6 Å². The summed E-state index contributed by atoms with van der Waals surface area (Å²) >= 11 is 1.52. The van der Waals surface area contributed by atoms with Gasteiger partial charge in [0.25, 0.3) is 5.56 Å². The Morgan fingerprint density at radius 2 is 1.77 bits per heavy atom. The Kier molecular flexibility index (Phi) is 4.26. The smallest absolute Gasteiger partial charge is 0.287 e. The molecule has 3 heterocycles. The van der Waals surface area contributed by atoms with Gasteiger partial charge in [0, 0.05) is 11.1 Å². The van der Waals surface area contributed by atoms with Gasteiger partial charge >= 0.3 is 5.69 Å². The van der Waals surface area contributed by atoms with Crippen molar-refractivity contribution in [2.75, 3.05) is 0 Å². The number of rotatable bonds is 4. The molecule has 0 atom stereocenters. The van der Waals surface area contributed by atoms with Crippen molar-refractivity contribution in [3.05, 3.63) is 96.9 Å². The zero-order valence-electron chi connectivity index (χ0n) is 14.3. The van der Waals surface area contributed by atoms with Gasteiger partial charge in [0.1, 0.15) is 0 Å². The third-order valence-corrected chi connectivity index (χ3v) is 5.20. The maximum Gasteiger partial charge on any atom is 0.332 e. The largest absolute Gasteiger partial charge is 0.332 e. The van der Waals surface area contributed by atoms with E-state index in [1.165, 1.54) is 15.9 Å². The Labute approximate surface area is 153 Å². The van der Waals surface area contributed by atoms with Crippen LogP contribution in [0.25, 0.3) is 11.0 Å². The molecule has 6 heteroatoms. The third kappa shape index (κ3) is 2.99. The van der Waals surface area contributed by atoms with Crippen molar-refractivity contribution in [1.29, 1.82) is 0 Å². The zero-order valence-corrected chi connectivity index (χ0v) is 15.1. The summed E-state index contributed by atoms with van der Waals surface area (Å²) in [4.78, 5) is 31.1. The van der Waals surface area contributed by atoms with Crippen LogP contribution >= 0.6 is 11.3 Å². The first-order chi connectivity index (χ1) is 12.6. The number of aromatic nitrogens is 3. The van der Waals surface area contributed by atoms with Gasteiger partial charge in [-0.3, -0.25) is 13.9 Å². The molecule has 0 N–H and O–H groups in total. The number of aryl methyl sites for hydroxylation is 1. The van der Waals surface area contributed by atoms with Crippen molar-refractivity contribution in [2.24, 2.45) is 0 Å². The summed E-state index contributed by atoms with van der Waals surface area (Å²) < 4.78 is 2.90. The highest BCUT2D eigenvalue weighted by Crippen LogP contribution is 2.12. The summed E-state index contributed by atoms with van der Waals surface area (Å²) in [6.07, 6.45) is 1.58. The van der Waals surface area contributed by atoms with Gasteiger partial charge in [-0.05, 0) is 36.1 Å². The monoisotopic (exact) mass is 363 g/mol. The minimum absolute atomic E-state index is 0.260. The van der Waals surface area contributed by atoms with Crippen LogP contribution in [0.4, 0.5) is 0 Å². The number of hydrogen-bond acceptors (Lipinski definition) is 4. The molecule has 26 heavy (non-hydrogen) atoms. The summed E-state index contributed by atoms with van der Waals surface area (Å²) in [5.41, 5.74) is 2.38. The molecule has 0 amide bonds. The van der Waals surface area contributed by atoms with Crippen LogP contribution in [0.5, 0.6) is 0 Å². The fourth-order valence-electron chi connectivity index (χ4n) is 2.97. The van der Waals surface area contributed by atoms with Crippen molar-refractivity contribution in [3.63, 3.8) is 0 Å². The lowest BCUT2D eigenvalue weighted by molar-refractivity contribution is 0.637. The molecule has 4 rings (SSSR count). The predicted molar refractivity (Wildman–Crippen MR) is 104 cm³/mol. The van der Waals surface area contributed by atoms with Crippen LogP contribution in [0.15, 0.2) is 69.7 Å². The number of fused-ring (bicyclic) bond motifs is 1. The highest BCUT2D eigenvalue weighted by Gasteiger charge is 2.14. The van der Waals surface area contributed by atoms with Crippen molar-refractivity contribution in [1.82, 2.24) is 14.1 Å². The van der Waals surface area contributed by atoms with Crippen molar-refractivity contribution in [3.8, 4) is 0 Å². The van der Waals surface area contributed by atoms with Crippen LogP contribution in [0.2, 0.25) is 0 Å². The van der Waals surface area contributed by atoms with Crippen LogP contribution in [0.3, 0.4) is 0 Å². The zero-order chi connectivity index (χ0) is 18.1. The Morgan fingerprint density at radius 3 is 2.50 bits per heavy atom. The van der Waals surface area contributed by atoms with E-state index in [9.17, 15) is 9.59 Å². The molecule has 0 fully saturated rings. The van der Waals surface area contributed by atoms with E-state index in [1.54, 1.807) is 22.9 Å². The molecule has 0 unspecified atom stereocenters. The topological polar surface area (TPSA) is 56.9 Å². The first-order valence-corrected chi connectivity index (χ1v) is 9.18. The highest BCUT2D eigenvalue weighted by atomic mass is 32.1. The molecule has 130 valence electrons. The summed E-state index contributed by atoms with van der Waals surface area (Å²) in [6, 6.07) is 15.4. The van der Waals surface area contributed by atoms with Gasteiger partial charge in [-0.1, -0.05) is 35.9 Å². The predicted octanol–water partition coefficient (Wildman–Crippen LogP) is 3.02. The van der Waals surface area contributed by atoms with Gasteiger partial charge in [0.15, 0.2) is 5.52 Å². The molecule has 0 radical (unpaired) electrons. The van der Waals surface area contributed by atoms with Gasteiger partial charge in [-0.15, -0.1) is 11.3 Å². The van der Waals surface area contributed by atoms with Crippen molar-refractivity contribution >= 4 is 22.4 Å². The number of benzene rings is 1. The molecular weight excluding hydrogens is 346 g/mol. The van der Waals surface area contributed by atoms with Crippen molar-refractivity contribution < 1.29 is 0 Å². The maximum absolute atomic E-state index is 13.1. The molecule has 0 bridgehead atoms. The molecular formula is C20H17N3O2S. The molecule has 0 aliphatic carbocycles.